The van der Waals surface area contributed by atoms with Gasteiger partial charge in [0.1, 0.15) is 5.54 Å². The smallest absolute Gasteiger partial charge is 0.329 e. The van der Waals surface area contributed by atoms with Crippen LogP contribution in [0.1, 0.15) is 26.7 Å². The van der Waals surface area contributed by atoms with Crippen molar-refractivity contribution in [2.24, 2.45) is 0 Å². The summed E-state index contributed by atoms with van der Waals surface area (Å²) in [6, 6.07) is -0.401. The van der Waals surface area contributed by atoms with Gasteiger partial charge in [-0.05, 0) is 32.9 Å². The van der Waals surface area contributed by atoms with Crippen LogP contribution < -0.4 is 10.6 Å². The lowest BCUT2D eigenvalue weighted by atomic mass is 10.2. The molecule has 0 atom stereocenters. The van der Waals surface area contributed by atoms with Gasteiger partial charge in [-0.1, -0.05) is 0 Å². The molecule has 1 saturated carbocycles. The zero-order valence-electron chi connectivity index (χ0n) is 9.79. The van der Waals surface area contributed by atoms with Crippen LogP contribution in [-0.2, 0) is 4.79 Å². The molecule has 0 aromatic carbocycles. The van der Waals surface area contributed by atoms with Crippen molar-refractivity contribution in [3.63, 3.8) is 0 Å². The van der Waals surface area contributed by atoms with Crippen molar-refractivity contribution < 1.29 is 14.7 Å². The normalized spacial score (nSPS) is 17.7. The quantitative estimate of drug-likeness (QED) is 0.677. The molecule has 0 aromatic heterocycles. The molecule has 1 aliphatic carbocycles. The number of carboxylic acid groups (broad SMARTS) is 1. The molecule has 0 bridgehead atoms. The fraction of sp³-hybridized carbons (Fsp3) is 0.800. The maximum Gasteiger partial charge on any atom is 0.329 e. The maximum atomic E-state index is 11.5. The van der Waals surface area contributed by atoms with E-state index in [1.54, 1.807) is 11.8 Å². The first-order valence-electron chi connectivity index (χ1n) is 5.16. The van der Waals surface area contributed by atoms with E-state index in [0.717, 1.165) is 0 Å². The van der Waals surface area contributed by atoms with Gasteiger partial charge in [0.05, 0.1) is 0 Å². The molecular weight excluding hydrogens is 228 g/mol. The van der Waals surface area contributed by atoms with Crippen LogP contribution >= 0.6 is 11.8 Å². The molecule has 0 unspecified atom stereocenters. The average molecular weight is 246 g/mol. The molecule has 2 amide bonds. The second-order valence-electron chi connectivity index (χ2n) is 4.66. The molecule has 1 aliphatic rings. The highest BCUT2D eigenvalue weighted by atomic mass is 32.2. The van der Waals surface area contributed by atoms with Crippen LogP contribution in [0.25, 0.3) is 0 Å². The standard InChI is InChI=1S/C10H18N2O3S/c1-9(2,16-3)6-11-8(15)12-10(4-5-10)7(13)14/h4-6H2,1-3H3,(H,13,14)(H2,11,12,15). The highest BCUT2D eigenvalue weighted by molar-refractivity contribution is 7.99. The second-order valence-corrected chi connectivity index (χ2v) is 6.17. The molecule has 0 spiro atoms. The highest BCUT2D eigenvalue weighted by Crippen LogP contribution is 2.35. The van der Waals surface area contributed by atoms with Crippen LogP contribution in [0.4, 0.5) is 4.79 Å². The molecule has 92 valence electrons. The number of carbonyl (C=O) groups is 2. The number of urea groups is 1. The Morgan fingerprint density at radius 1 is 1.44 bits per heavy atom. The molecule has 0 heterocycles. The first-order chi connectivity index (χ1) is 7.31. The Balaban J connectivity index is 2.35. The lowest BCUT2D eigenvalue weighted by Gasteiger charge is -2.23. The lowest BCUT2D eigenvalue weighted by molar-refractivity contribution is -0.140. The predicted molar refractivity (Wildman–Crippen MR) is 63.7 cm³/mol. The van der Waals surface area contributed by atoms with Gasteiger partial charge in [0.25, 0.3) is 0 Å². The van der Waals surface area contributed by atoms with E-state index < -0.39 is 17.5 Å². The number of amides is 2. The molecule has 0 aliphatic heterocycles. The van der Waals surface area contributed by atoms with E-state index in [4.69, 9.17) is 5.11 Å². The number of carboxylic acids is 1. The van der Waals surface area contributed by atoms with Gasteiger partial charge in [-0.2, -0.15) is 11.8 Å². The maximum absolute atomic E-state index is 11.5. The summed E-state index contributed by atoms with van der Waals surface area (Å²) in [4.78, 5) is 22.3. The topological polar surface area (TPSA) is 78.4 Å². The van der Waals surface area contributed by atoms with Gasteiger partial charge in [-0.25, -0.2) is 9.59 Å². The van der Waals surface area contributed by atoms with Crippen LogP contribution in [-0.4, -0.2) is 40.2 Å². The first kappa shape index (κ1) is 13.2. The fourth-order valence-corrected chi connectivity index (χ4v) is 1.36. The van der Waals surface area contributed by atoms with Crippen molar-refractivity contribution in [2.75, 3.05) is 12.8 Å². The van der Waals surface area contributed by atoms with E-state index in [9.17, 15) is 9.59 Å². The SMILES string of the molecule is CSC(C)(C)CNC(=O)NC1(C(=O)O)CC1. The van der Waals surface area contributed by atoms with Crippen LogP contribution in [0, 0.1) is 0 Å². The molecule has 16 heavy (non-hydrogen) atoms. The van der Waals surface area contributed by atoms with Gasteiger partial charge < -0.3 is 15.7 Å². The van der Waals surface area contributed by atoms with Gasteiger partial charge in [0, 0.05) is 11.3 Å². The molecule has 0 saturated heterocycles. The zero-order chi connectivity index (χ0) is 12.4. The minimum atomic E-state index is -1.01. The summed E-state index contributed by atoms with van der Waals surface area (Å²) in [5, 5.41) is 14.1. The van der Waals surface area contributed by atoms with E-state index >= 15 is 0 Å². The summed E-state index contributed by atoms with van der Waals surface area (Å²) in [5.74, 6) is -0.952. The molecule has 6 heteroatoms. The molecule has 0 radical (unpaired) electrons. The highest BCUT2D eigenvalue weighted by Gasteiger charge is 2.51. The second kappa shape index (κ2) is 4.53. The minimum absolute atomic E-state index is 0.0444. The van der Waals surface area contributed by atoms with Crippen LogP contribution in [0.2, 0.25) is 0 Å². The number of hydrogen-bond acceptors (Lipinski definition) is 3. The van der Waals surface area contributed by atoms with E-state index in [0.29, 0.717) is 19.4 Å². The summed E-state index contributed by atoms with van der Waals surface area (Å²) in [6.45, 7) is 4.54. The van der Waals surface area contributed by atoms with Gasteiger partial charge in [-0.15, -0.1) is 0 Å². The van der Waals surface area contributed by atoms with Crippen LogP contribution in [0.3, 0.4) is 0 Å². The van der Waals surface area contributed by atoms with Crippen LogP contribution in [0.5, 0.6) is 0 Å². The third-order valence-electron chi connectivity index (χ3n) is 2.74. The molecule has 1 rings (SSSR count). The van der Waals surface area contributed by atoms with Crippen molar-refractivity contribution >= 4 is 23.8 Å². The number of aliphatic carboxylic acids is 1. The fourth-order valence-electron chi connectivity index (χ4n) is 1.14. The predicted octanol–water partition coefficient (Wildman–Crippen LogP) is 1.04. The van der Waals surface area contributed by atoms with E-state index in [-0.39, 0.29) is 4.75 Å². The third-order valence-corrected chi connectivity index (χ3v) is 3.99. The number of nitrogens with one attached hydrogen (secondary N) is 2. The molecular formula is C10H18N2O3S. The Bertz CT molecular complexity index is 300. The monoisotopic (exact) mass is 246 g/mol. The van der Waals surface area contributed by atoms with Crippen molar-refractivity contribution in [1.29, 1.82) is 0 Å². The van der Waals surface area contributed by atoms with Gasteiger partial charge in [0.2, 0.25) is 0 Å². The Morgan fingerprint density at radius 2 is 2.00 bits per heavy atom. The number of hydrogen-bond donors (Lipinski definition) is 3. The van der Waals surface area contributed by atoms with Crippen molar-refractivity contribution in [1.82, 2.24) is 10.6 Å². The van der Waals surface area contributed by atoms with Gasteiger partial charge >= 0.3 is 12.0 Å². The van der Waals surface area contributed by atoms with Crippen LogP contribution in [0.15, 0.2) is 0 Å². The number of rotatable bonds is 5. The zero-order valence-corrected chi connectivity index (χ0v) is 10.6. The average Bonchev–Trinajstić information content (AvgIpc) is 2.96. The Morgan fingerprint density at radius 3 is 2.38 bits per heavy atom. The molecule has 3 N–H and O–H groups in total. The van der Waals surface area contributed by atoms with E-state index in [1.165, 1.54) is 0 Å². The van der Waals surface area contributed by atoms with Crippen molar-refractivity contribution in [2.45, 2.75) is 37.0 Å². The van der Waals surface area contributed by atoms with Gasteiger partial charge in [-0.3, -0.25) is 0 Å². The van der Waals surface area contributed by atoms with E-state index in [1.807, 2.05) is 20.1 Å². The molecule has 5 nitrogen and oxygen atoms in total. The largest absolute Gasteiger partial charge is 0.480 e. The van der Waals surface area contributed by atoms with E-state index in [2.05, 4.69) is 10.6 Å². The Kier molecular flexibility index (Phi) is 3.72. The Hall–Kier alpha value is -0.910. The first-order valence-corrected chi connectivity index (χ1v) is 6.38. The third kappa shape index (κ3) is 3.30. The summed E-state index contributed by atoms with van der Waals surface area (Å²) in [6.07, 6.45) is 3.00. The van der Waals surface area contributed by atoms with Gasteiger partial charge in [0.15, 0.2) is 0 Å². The molecule has 1 fully saturated rings. The summed E-state index contributed by atoms with van der Waals surface area (Å²) >= 11 is 1.65. The minimum Gasteiger partial charge on any atom is -0.480 e. The lowest BCUT2D eigenvalue weighted by Crippen LogP contribution is -2.50. The van der Waals surface area contributed by atoms with Crippen molar-refractivity contribution in [3.05, 3.63) is 0 Å². The summed E-state index contributed by atoms with van der Waals surface area (Å²) < 4.78 is -0.0444. The Labute approximate surface area is 99.4 Å². The molecule has 0 aromatic rings. The number of carbonyl (C=O) groups excluding carboxylic acids is 1. The number of thioether (sulfide) groups is 1. The summed E-state index contributed by atoms with van der Waals surface area (Å²) in [7, 11) is 0. The summed E-state index contributed by atoms with van der Waals surface area (Å²) in [5.41, 5.74) is -1.01. The van der Waals surface area contributed by atoms with Crippen molar-refractivity contribution in [3.8, 4) is 0 Å².